The molecule has 0 spiro atoms. The summed E-state index contributed by atoms with van der Waals surface area (Å²) in [5.74, 6) is 0. The van der Waals surface area contributed by atoms with Crippen molar-refractivity contribution in [3.05, 3.63) is 38.9 Å². The summed E-state index contributed by atoms with van der Waals surface area (Å²) in [7, 11) is 0. The molecular weight excluding hydrogens is 302 g/mol. The fourth-order valence-electron chi connectivity index (χ4n) is 3.02. The number of nitrogens with one attached hydrogen (secondary N) is 1. The zero-order valence-corrected chi connectivity index (χ0v) is 13.8. The molecule has 0 aliphatic carbocycles. The van der Waals surface area contributed by atoms with Gasteiger partial charge < -0.3 is 5.32 Å². The number of benzene rings is 1. The summed E-state index contributed by atoms with van der Waals surface area (Å²) in [6, 6.07) is 5.49. The molecule has 1 atom stereocenters. The highest BCUT2D eigenvalue weighted by Crippen LogP contribution is 2.33. The van der Waals surface area contributed by atoms with Gasteiger partial charge in [-0.25, -0.2) is 0 Å². The first-order valence-corrected chi connectivity index (χ1v) is 8.40. The van der Waals surface area contributed by atoms with Crippen molar-refractivity contribution in [3.63, 3.8) is 0 Å². The minimum Gasteiger partial charge on any atom is -0.314 e. The van der Waals surface area contributed by atoms with Crippen molar-refractivity contribution < 1.29 is 4.92 Å². The molecule has 6 heteroatoms. The highest BCUT2D eigenvalue weighted by molar-refractivity contribution is 6.32. The van der Waals surface area contributed by atoms with Gasteiger partial charge in [-0.05, 0) is 18.1 Å². The third kappa shape index (κ3) is 4.41. The third-order valence-corrected chi connectivity index (χ3v) is 4.54. The van der Waals surface area contributed by atoms with Gasteiger partial charge in [0.25, 0.3) is 5.69 Å². The monoisotopic (exact) mass is 325 g/mol. The average Bonchev–Trinajstić information content (AvgIpc) is 2.53. The molecule has 1 saturated heterocycles. The Morgan fingerprint density at radius 2 is 2.09 bits per heavy atom. The first-order valence-electron chi connectivity index (χ1n) is 8.02. The molecule has 1 fully saturated rings. The Morgan fingerprint density at radius 1 is 1.36 bits per heavy atom. The van der Waals surface area contributed by atoms with Gasteiger partial charge >= 0.3 is 0 Å². The molecule has 0 saturated carbocycles. The van der Waals surface area contributed by atoms with E-state index in [1.165, 1.54) is 12.8 Å². The van der Waals surface area contributed by atoms with Crippen molar-refractivity contribution in [1.82, 2.24) is 10.2 Å². The molecule has 1 N–H and O–H groups in total. The molecule has 0 unspecified atom stereocenters. The molecule has 2 rings (SSSR count). The summed E-state index contributed by atoms with van der Waals surface area (Å²) in [6.45, 7) is 6.09. The molecule has 1 aromatic rings. The van der Waals surface area contributed by atoms with Gasteiger partial charge in [0.1, 0.15) is 5.02 Å². The minimum absolute atomic E-state index is 0.00907. The molecule has 0 radical (unpaired) electrons. The van der Waals surface area contributed by atoms with Crippen molar-refractivity contribution in [2.45, 2.75) is 38.6 Å². The van der Waals surface area contributed by atoms with Crippen LogP contribution in [0.1, 0.15) is 44.2 Å². The van der Waals surface area contributed by atoms with E-state index in [0.717, 1.165) is 44.6 Å². The topological polar surface area (TPSA) is 58.4 Å². The van der Waals surface area contributed by atoms with Crippen LogP contribution in [0.2, 0.25) is 5.02 Å². The lowest BCUT2D eigenvalue weighted by molar-refractivity contribution is -0.384. The molecular formula is C16H24ClN3O2. The Bertz CT molecular complexity index is 504. The van der Waals surface area contributed by atoms with Crippen molar-refractivity contribution in [2.75, 3.05) is 26.2 Å². The number of hydrogen-bond acceptors (Lipinski definition) is 4. The second kappa shape index (κ2) is 8.46. The lowest BCUT2D eigenvalue weighted by Gasteiger charge is -2.35. The quantitative estimate of drug-likeness (QED) is 0.471. The van der Waals surface area contributed by atoms with E-state index in [1.807, 2.05) is 6.07 Å². The summed E-state index contributed by atoms with van der Waals surface area (Å²) >= 11 is 5.94. The molecule has 0 amide bonds. The van der Waals surface area contributed by atoms with E-state index in [0.29, 0.717) is 0 Å². The summed E-state index contributed by atoms with van der Waals surface area (Å²) in [4.78, 5) is 13.2. The molecule has 0 bridgehead atoms. The smallest absolute Gasteiger partial charge is 0.288 e. The van der Waals surface area contributed by atoms with Crippen molar-refractivity contribution >= 4 is 17.3 Å². The third-order valence-electron chi connectivity index (χ3n) is 4.23. The summed E-state index contributed by atoms with van der Waals surface area (Å²) < 4.78 is 0. The van der Waals surface area contributed by atoms with Crippen LogP contribution in [0, 0.1) is 10.1 Å². The summed E-state index contributed by atoms with van der Waals surface area (Å²) in [6.07, 6.45) is 4.54. The van der Waals surface area contributed by atoms with Gasteiger partial charge in [0.15, 0.2) is 0 Å². The van der Waals surface area contributed by atoms with Crippen LogP contribution in [0.15, 0.2) is 18.2 Å². The number of halogens is 1. The van der Waals surface area contributed by atoms with E-state index in [2.05, 4.69) is 17.1 Å². The van der Waals surface area contributed by atoms with Crippen molar-refractivity contribution in [1.29, 1.82) is 0 Å². The molecule has 1 heterocycles. The molecule has 0 aromatic heterocycles. The SMILES string of the molecule is CCCCC[C@@H](c1ccc(Cl)c([N+](=O)[O-])c1)N1CCNCC1. The number of rotatable bonds is 7. The lowest BCUT2D eigenvalue weighted by atomic mass is 9.97. The van der Waals surface area contributed by atoms with Crippen LogP contribution in [-0.2, 0) is 0 Å². The van der Waals surface area contributed by atoms with Gasteiger partial charge in [-0.1, -0.05) is 43.9 Å². The highest BCUT2D eigenvalue weighted by Gasteiger charge is 2.24. The predicted octanol–water partition coefficient (Wildman–Crippen LogP) is 3.77. The van der Waals surface area contributed by atoms with Crippen molar-refractivity contribution in [2.24, 2.45) is 0 Å². The molecule has 1 aliphatic heterocycles. The first kappa shape index (κ1) is 17.2. The van der Waals surface area contributed by atoms with Gasteiger partial charge in [0.05, 0.1) is 4.92 Å². The zero-order chi connectivity index (χ0) is 15.9. The number of nitro benzene ring substituents is 1. The number of piperazine rings is 1. The lowest BCUT2D eigenvalue weighted by Crippen LogP contribution is -2.45. The van der Waals surface area contributed by atoms with E-state index < -0.39 is 4.92 Å². The second-order valence-electron chi connectivity index (χ2n) is 5.77. The number of nitrogens with zero attached hydrogens (tertiary/aromatic N) is 2. The van der Waals surface area contributed by atoms with Gasteiger partial charge in [0.2, 0.25) is 0 Å². The molecule has 122 valence electrons. The standard InChI is InChI=1S/C16H24ClN3O2/c1-2-3-4-5-15(19-10-8-18-9-11-19)13-6-7-14(17)16(12-13)20(21)22/h6-7,12,15,18H,2-5,8-11H2,1H3/t15-/m0/s1. The Hall–Kier alpha value is -1.17. The Kier molecular flexibility index (Phi) is 6.61. The van der Waals surface area contributed by atoms with Crippen LogP contribution >= 0.6 is 11.6 Å². The maximum absolute atomic E-state index is 11.1. The van der Waals surface area contributed by atoms with E-state index in [-0.39, 0.29) is 16.8 Å². The maximum Gasteiger partial charge on any atom is 0.288 e. The zero-order valence-electron chi connectivity index (χ0n) is 13.1. The Balaban J connectivity index is 2.22. The van der Waals surface area contributed by atoms with E-state index in [1.54, 1.807) is 12.1 Å². The average molecular weight is 326 g/mol. The minimum atomic E-state index is -0.396. The maximum atomic E-state index is 11.1. The van der Waals surface area contributed by atoms with E-state index >= 15 is 0 Å². The second-order valence-corrected chi connectivity index (χ2v) is 6.17. The molecule has 1 aliphatic rings. The van der Waals surface area contributed by atoms with Crippen LogP contribution < -0.4 is 5.32 Å². The summed E-state index contributed by atoms with van der Waals surface area (Å²) in [5, 5.41) is 14.7. The molecule has 1 aromatic carbocycles. The fraction of sp³-hybridized carbons (Fsp3) is 0.625. The first-order chi connectivity index (χ1) is 10.6. The predicted molar refractivity (Wildman–Crippen MR) is 89.4 cm³/mol. The van der Waals surface area contributed by atoms with Gasteiger partial charge in [0, 0.05) is 38.3 Å². The number of nitro groups is 1. The van der Waals surface area contributed by atoms with Gasteiger partial charge in [-0.2, -0.15) is 0 Å². The number of hydrogen-bond donors (Lipinski definition) is 1. The van der Waals surface area contributed by atoms with Crippen LogP contribution in [0.5, 0.6) is 0 Å². The normalized spacial score (nSPS) is 17.4. The highest BCUT2D eigenvalue weighted by atomic mass is 35.5. The van der Waals surface area contributed by atoms with Crippen LogP contribution in [-0.4, -0.2) is 36.0 Å². The van der Waals surface area contributed by atoms with Crippen molar-refractivity contribution in [3.8, 4) is 0 Å². The number of unbranched alkanes of at least 4 members (excludes halogenated alkanes) is 2. The van der Waals surface area contributed by atoms with E-state index in [4.69, 9.17) is 11.6 Å². The van der Waals surface area contributed by atoms with Gasteiger partial charge in [-0.3, -0.25) is 15.0 Å². The summed E-state index contributed by atoms with van der Waals surface area (Å²) in [5.41, 5.74) is 1.02. The van der Waals surface area contributed by atoms with E-state index in [9.17, 15) is 10.1 Å². The van der Waals surface area contributed by atoms with Crippen LogP contribution in [0.3, 0.4) is 0 Å². The van der Waals surface area contributed by atoms with Crippen LogP contribution in [0.25, 0.3) is 0 Å². The molecule has 5 nitrogen and oxygen atoms in total. The van der Waals surface area contributed by atoms with Gasteiger partial charge in [-0.15, -0.1) is 0 Å². The Morgan fingerprint density at radius 3 is 2.73 bits per heavy atom. The van der Waals surface area contributed by atoms with Crippen LogP contribution in [0.4, 0.5) is 5.69 Å². The fourth-order valence-corrected chi connectivity index (χ4v) is 3.20. The molecule has 22 heavy (non-hydrogen) atoms. The largest absolute Gasteiger partial charge is 0.314 e. The Labute approximate surface area is 136 Å².